The van der Waals surface area contributed by atoms with Crippen LogP contribution in [0.5, 0.6) is 0 Å². The van der Waals surface area contributed by atoms with Gasteiger partial charge in [0.25, 0.3) is 0 Å². The molecule has 1 N–H and O–H groups in total. The molecule has 80 valence electrons. The number of hydrogen-bond acceptors (Lipinski definition) is 4. The van der Waals surface area contributed by atoms with E-state index in [9.17, 15) is 5.11 Å². The summed E-state index contributed by atoms with van der Waals surface area (Å²) in [7, 11) is 1.58. The molecular weight excluding hydrogens is 182 g/mol. The van der Waals surface area contributed by atoms with Gasteiger partial charge in [0.15, 0.2) is 0 Å². The first-order chi connectivity index (χ1) is 6.75. The van der Waals surface area contributed by atoms with Crippen LogP contribution in [0.1, 0.15) is 25.7 Å². The van der Waals surface area contributed by atoms with Gasteiger partial charge in [-0.3, -0.25) is 0 Å². The van der Waals surface area contributed by atoms with Crippen LogP contribution >= 0.6 is 0 Å². The van der Waals surface area contributed by atoms with Gasteiger partial charge in [-0.15, -0.1) is 0 Å². The van der Waals surface area contributed by atoms with Crippen molar-refractivity contribution in [2.24, 2.45) is 0 Å². The smallest absolute Gasteiger partial charge is 0.118 e. The van der Waals surface area contributed by atoms with E-state index in [4.69, 9.17) is 14.7 Å². The molecule has 1 heterocycles. The number of aliphatic hydroxyl groups is 1. The summed E-state index contributed by atoms with van der Waals surface area (Å²) in [5.74, 6) is 0. The SMILES string of the molecule is COCC1(C(O)CC#N)CCCCO1. The summed E-state index contributed by atoms with van der Waals surface area (Å²) in [6.45, 7) is 1.00. The number of methoxy groups -OCH3 is 1. The zero-order valence-electron chi connectivity index (χ0n) is 8.53. The van der Waals surface area contributed by atoms with Gasteiger partial charge in [0.1, 0.15) is 5.60 Å². The fourth-order valence-electron chi connectivity index (χ4n) is 1.86. The van der Waals surface area contributed by atoms with Gasteiger partial charge in [-0.05, 0) is 19.3 Å². The Kier molecular flexibility index (Phi) is 4.33. The lowest BCUT2D eigenvalue weighted by Crippen LogP contribution is -2.50. The number of nitrogens with zero attached hydrogens (tertiary/aromatic N) is 1. The van der Waals surface area contributed by atoms with Crippen LogP contribution in [0.25, 0.3) is 0 Å². The summed E-state index contributed by atoms with van der Waals surface area (Å²) in [6, 6.07) is 1.96. The molecule has 0 aromatic carbocycles. The summed E-state index contributed by atoms with van der Waals surface area (Å²) >= 11 is 0. The topological polar surface area (TPSA) is 62.5 Å². The molecule has 4 heteroatoms. The summed E-state index contributed by atoms with van der Waals surface area (Å²) in [4.78, 5) is 0. The van der Waals surface area contributed by atoms with Crippen molar-refractivity contribution in [2.75, 3.05) is 20.3 Å². The number of nitriles is 1. The Labute approximate surface area is 84.4 Å². The molecule has 0 aromatic heterocycles. The fraction of sp³-hybridized carbons (Fsp3) is 0.900. The predicted molar refractivity (Wildman–Crippen MR) is 50.6 cm³/mol. The van der Waals surface area contributed by atoms with Crippen molar-refractivity contribution in [2.45, 2.75) is 37.4 Å². The molecule has 14 heavy (non-hydrogen) atoms. The predicted octanol–water partition coefficient (Wildman–Crippen LogP) is 0.847. The molecule has 0 spiro atoms. The summed E-state index contributed by atoms with van der Waals surface area (Å²) in [6.07, 6.45) is 2.16. The molecule has 1 aliphatic heterocycles. The van der Waals surface area contributed by atoms with Gasteiger partial charge in [-0.1, -0.05) is 0 Å². The first kappa shape index (κ1) is 11.4. The highest BCUT2D eigenvalue weighted by Crippen LogP contribution is 2.30. The van der Waals surface area contributed by atoms with Gasteiger partial charge in [-0.25, -0.2) is 0 Å². The summed E-state index contributed by atoms with van der Waals surface area (Å²) < 4.78 is 10.7. The highest BCUT2D eigenvalue weighted by molar-refractivity contribution is 4.94. The standard InChI is InChI=1S/C10H17NO3/c1-13-8-10(9(12)4-6-11)5-2-3-7-14-10/h9,12H,2-5,7-8H2,1H3. The summed E-state index contributed by atoms with van der Waals surface area (Å²) in [5, 5.41) is 18.4. The van der Waals surface area contributed by atoms with Gasteiger partial charge >= 0.3 is 0 Å². The van der Waals surface area contributed by atoms with Crippen LogP contribution in [0.15, 0.2) is 0 Å². The number of ether oxygens (including phenoxy) is 2. The maximum Gasteiger partial charge on any atom is 0.118 e. The van der Waals surface area contributed by atoms with Crippen LogP contribution in [0, 0.1) is 11.3 Å². The Bertz CT molecular complexity index is 200. The minimum atomic E-state index is -0.743. The van der Waals surface area contributed by atoms with Crippen LogP contribution in [-0.4, -0.2) is 37.1 Å². The molecule has 0 radical (unpaired) electrons. The Morgan fingerprint density at radius 1 is 1.64 bits per heavy atom. The average molecular weight is 199 g/mol. The Hall–Kier alpha value is -0.630. The Morgan fingerprint density at radius 3 is 2.93 bits per heavy atom. The van der Waals surface area contributed by atoms with E-state index in [2.05, 4.69) is 0 Å². The van der Waals surface area contributed by atoms with Crippen molar-refractivity contribution >= 4 is 0 Å². The van der Waals surface area contributed by atoms with Gasteiger partial charge in [0, 0.05) is 13.7 Å². The van der Waals surface area contributed by atoms with Crippen LogP contribution in [0.3, 0.4) is 0 Å². The average Bonchev–Trinajstić information content (AvgIpc) is 2.20. The van der Waals surface area contributed by atoms with Crippen molar-refractivity contribution in [3.63, 3.8) is 0 Å². The Morgan fingerprint density at radius 2 is 2.43 bits per heavy atom. The quantitative estimate of drug-likeness (QED) is 0.729. The van der Waals surface area contributed by atoms with E-state index in [1.54, 1.807) is 7.11 Å². The van der Waals surface area contributed by atoms with Crippen LogP contribution in [0.2, 0.25) is 0 Å². The van der Waals surface area contributed by atoms with Gasteiger partial charge < -0.3 is 14.6 Å². The van der Waals surface area contributed by atoms with Crippen molar-refractivity contribution in [3.05, 3.63) is 0 Å². The van der Waals surface area contributed by atoms with E-state index in [-0.39, 0.29) is 6.42 Å². The third kappa shape index (κ3) is 2.44. The second-order valence-corrected chi connectivity index (χ2v) is 3.68. The largest absolute Gasteiger partial charge is 0.389 e. The van der Waals surface area contributed by atoms with Gasteiger partial charge in [-0.2, -0.15) is 5.26 Å². The van der Waals surface area contributed by atoms with E-state index in [0.29, 0.717) is 13.2 Å². The highest BCUT2D eigenvalue weighted by Gasteiger charge is 2.40. The van der Waals surface area contributed by atoms with Crippen molar-refractivity contribution in [3.8, 4) is 6.07 Å². The molecule has 0 bridgehead atoms. The first-order valence-corrected chi connectivity index (χ1v) is 4.93. The van der Waals surface area contributed by atoms with E-state index < -0.39 is 11.7 Å². The van der Waals surface area contributed by atoms with Gasteiger partial charge in [0.05, 0.1) is 25.2 Å². The first-order valence-electron chi connectivity index (χ1n) is 4.93. The second-order valence-electron chi connectivity index (χ2n) is 3.68. The minimum Gasteiger partial charge on any atom is -0.389 e. The Balaban J connectivity index is 2.64. The minimum absolute atomic E-state index is 0.101. The number of aliphatic hydroxyl groups excluding tert-OH is 1. The highest BCUT2D eigenvalue weighted by atomic mass is 16.5. The molecule has 1 fully saturated rings. The molecule has 1 aliphatic rings. The summed E-state index contributed by atoms with van der Waals surface area (Å²) in [5.41, 5.74) is -0.650. The third-order valence-corrected chi connectivity index (χ3v) is 2.66. The number of rotatable bonds is 4. The van der Waals surface area contributed by atoms with Crippen molar-refractivity contribution < 1.29 is 14.6 Å². The lowest BCUT2D eigenvalue weighted by atomic mass is 9.87. The number of hydrogen-bond donors (Lipinski definition) is 1. The molecule has 0 aromatic rings. The van der Waals surface area contributed by atoms with Gasteiger partial charge in [0.2, 0.25) is 0 Å². The van der Waals surface area contributed by atoms with Crippen molar-refractivity contribution in [1.82, 2.24) is 0 Å². The molecule has 1 rings (SSSR count). The van der Waals surface area contributed by atoms with Crippen LogP contribution in [-0.2, 0) is 9.47 Å². The van der Waals surface area contributed by atoms with Crippen molar-refractivity contribution in [1.29, 1.82) is 5.26 Å². The maximum atomic E-state index is 9.83. The zero-order chi connectivity index (χ0) is 10.4. The second kappa shape index (κ2) is 5.30. The monoisotopic (exact) mass is 199 g/mol. The lowest BCUT2D eigenvalue weighted by Gasteiger charge is -2.39. The maximum absolute atomic E-state index is 9.83. The van der Waals surface area contributed by atoms with E-state index >= 15 is 0 Å². The molecule has 4 nitrogen and oxygen atoms in total. The molecular formula is C10H17NO3. The fourth-order valence-corrected chi connectivity index (χ4v) is 1.86. The normalized spacial score (nSPS) is 29.5. The lowest BCUT2D eigenvalue weighted by molar-refractivity contribution is -0.172. The van der Waals surface area contributed by atoms with E-state index in [0.717, 1.165) is 19.3 Å². The molecule has 1 saturated heterocycles. The van der Waals surface area contributed by atoms with Crippen LogP contribution in [0.4, 0.5) is 0 Å². The van der Waals surface area contributed by atoms with E-state index in [1.807, 2.05) is 6.07 Å². The molecule has 2 unspecified atom stereocenters. The van der Waals surface area contributed by atoms with Crippen LogP contribution < -0.4 is 0 Å². The molecule has 0 aliphatic carbocycles. The molecule has 0 amide bonds. The van der Waals surface area contributed by atoms with E-state index in [1.165, 1.54) is 0 Å². The third-order valence-electron chi connectivity index (χ3n) is 2.66. The zero-order valence-corrected chi connectivity index (χ0v) is 8.53. The molecule has 2 atom stereocenters. The molecule has 0 saturated carbocycles.